The molecule has 0 aliphatic carbocycles. The zero-order chi connectivity index (χ0) is 13.7. The third-order valence-electron chi connectivity index (χ3n) is 2.97. The Morgan fingerprint density at radius 2 is 2.00 bits per heavy atom. The number of aromatic nitrogens is 1. The highest BCUT2D eigenvalue weighted by Gasteiger charge is 2.13. The minimum Gasteiger partial charge on any atom is -0.330 e. The summed E-state index contributed by atoms with van der Waals surface area (Å²) in [7, 11) is 1.76. The topological polar surface area (TPSA) is 59.2 Å². The van der Waals surface area contributed by atoms with E-state index in [-0.39, 0.29) is 5.91 Å². The number of hydrogen-bond donors (Lipinski definition) is 1. The van der Waals surface area contributed by atoms with Gasteiger partial charge in [0.1, 0.15) is 0 Å². The van der Waals surface area contributed by atoms with E-state index in [0.29, 0.717) is 12.1 Å². The zero-order valence-corrected chi connectivity index (χ0v) is 10.9. The highest BCUT2D eigenvalue weighted by molar-refractivity contribution is 6.05. The molecular formula is C15H17N3O. The summed E-state index contributed by atoms with van der Waals surface area (Å²) in [6.07, 6.45) is 4.07. The van der Waals surface area contributed by atoms with Crippen LogP contribution < -0.4 is 10.6 Å². The summed E-state index contributed by atoms with van der Waals surface area (Å²) in [5, 5.41) is 0. The van der Waals surface area contributed by atoms with E-state index < -0.39 is 0 Å². The molecule has 0 aliphatic rings. The van der Waals surface area contributed by atoms with Crippen LogP contribution in [-0.2, 0) is 6.42 Å². The van der Waals surface area contributed by atoms with E-state index in [2.05, 4.69) is 4.98 Å². The van der Waals surface area contributed by atoms with E-state index in [9.17, 15) is 4.79 Å². The fraction of sp³-hybridized carbons (Fsp3) is 0.200. The van der Waals surface area contributed by atoms with Crippen LogP contribution in [0.1, 0.15) is 15.9 Å². The molecule has 1 amide bonds. The molecule has 19 heavy (non-hydrogen) atoms. The van der Waals surface area contributed by atoms with Gasteiger partial charge >= 0.3 is 0 Å². The van der Waals surface area contributed by atoms with Crippen LogP contribution in [0.15, 0.2) is 48.8 Å². The van der Waals surface area contributed by atoms with Crippen molar-refractivity contribution in [2.24, 2.45) is 5.73 Å². The predicted molar refractivity (Wildman–Crippen MR) is 76.2 cm³/mol. The molecule has 4 heteroatoms. The molecule has 0 aliphatic heterocycles. The van der Waals surface area contributed by atoms with Crippen LogP contribution in [0.5, 0.6) is 0 Å². The van der Waals surface area contributed by atoms with Crippen LogP contribution in [0.25, 0.3) is 0 Å². The Kier molecular flexibility index (Phi) is 4.26. The summed E-state index contributed by atoms with van der Waals surface area (Å²) < 4.78 is 0. The van der Waals surface area contributed by atoms with Gasteiger partial charge in [0.15, 0.2) is 0 Å². The van der Waals surface area contributed by atoms with Crippen molar-refractivity contribution in [1.29, 1.82) is 0 Å². The number of rotatable bonds is 4. The lowest BCUT2D eigenvalue weighted by Gasteiger charge is -2.17. The van der Waals surface area contributed by atoms with Gasteiger partial charge in [0.2, 0.25) is 0 Å². The summed E-state index contributed by atoms with van der Waals surface area (Å²) in [5.74, 6) is -0.0697. The summed E-state index contributed by atoms with van der Waals surface area (Å²) >= 11 is 0. The Bertz CT molecular complexity index is 537. The molecule has 2 aromatic rings. The van der Waals surface area contributed by atoms with Crippen molar-refractivity contribution < 1.29 is 4.79 Å². The molecule has 0 unspecified atom stereocenters. The van der Waals surface area contributed by atoms with Crippen molar-refractivity contribution in [2.75, 3.05) is 18.5 Å². The minimum atomic E-state index is -0.0697. The largest absolute Gasteiger partial charge is 0.330 e. The lowest BCUT2D eigenvalue weighted by Crippen LogP contribution is -2.26. The molecular weight excluding hydrogens is 238 g/mol. The summed E-state index contributed by atoms with van der Waals surface area (Å²) in [6, 6.07) is 11.4. The number of carbonyl (C=O) groups is 1. The van der Waals surface area contributed by atoms with E-state index in [0.717, 1.165) is 12.1 Å². The van der Waals surface area contributed by atoms with Crippen LogP contribution in [0.3, 0.4) is 0 Å². The van der Waals surface area contributed by atoms with E-state index in [1.165, 1.54) is 5.56 Å². The molecule has 0 saturated carbocycles. The van der Waals surface area contributed by atoms with E-state index in [1.807, 2.05) is 24.3 Å². The maximum Gasteiger partial charge on any atom is 0.259 e. The number of hydrogen-bond acceptors (Lipinski definition) is 3. The van der Waals surface area contributed by atoms with Crippen molar-refractivity contribution in [3.63, 3.8) is 0 Å². The van der Waals surface area contributed by atoms with Crippen LogP contribution in [0, 0.1) is 0 Å². The fourth-order valence-corrected chi connectivity index (χ4v) is 1.85. The number of nitrogens with zero attached hydrogens (tertiary/aromatic N) is 2. The smallest absolute Gasteiger partial charge is 0.259 e. The highest BCUT2D eigenvalue weighted by atomic mass is 16.2. The van der Waals surface area contributed by atoms with Gasteiger partial charge < -0.3 is 10.6 Å². The van der Waals surface area contributed by atoms with Gasteiger partial charge in [-0.1, -0.05) is 12.1 Å². The molecule has 0 fully saturated rings. The third kappa shape index (κ3) is 3.17. The van der Waals surface area contributed by atoms with Crippen LogP contribution in [0.2, 0.25) is 0 Å². The van der Waals surface area contributed by atoms with Gasteiger partial charge in [-0.15, -0.1) is 0 Å². The van der Waals surface area contributed by atoms with Gasteiger partial charge in [-0.05, 0) is 42.8 Å². The minimum absolute atomic E-state index is 0.0697. The summed E-state index contributed by atoms with van der Waals surface area (Å²) in [5.41, 5.74) is 8.12. The third-order valence-corrected chi connectivity index (χ3v) is 2.97. The molecule has 0 atom stereocenters. The Morgan fingerprint density at radius 3 is 2.58 bits per heavy atom. The van der Waals surface area contributed by atoms with Crippen LogP contribution in [0.4, 0.5) is 5.69 Å². The number of pyridine rings is 1. The number of nitrogens with two attached hydrogens (primary N) is 1. The highest BCUT2D eigenvalue weighted by Crippen LogP contribution is 2.16. The van der Waals surface area contributed by atoms with Crippen molar-refractivity contribution >= 4 is 11.6 Å². The number of anilines is 1. The first-order chi connectivity index (χ1) is 9.22. The average molecular weight is 255 g/mol. The van der Waals surface area contributed by atoms with Crippen molar-refractivity contribution in [3.8, 4) is 0 Å². The normalized spacial score (nSPS) is 10.2. The van der Waals surface area contributed by atoms with Crippen molar-refractivity contribution in [1.82, 2.24) is 4.98 Å². The lowest BCUT2D eigenvalue weighted by atomic mass is 10.1. The fourth-order valence-electron chi connectivity index (χ4n) is 1.85. The first-order valence-electron chi connectivity index (χ1n) is 6.19. The molecule has 2 N–H and O–H groups in total. The maximum absolute atomic E-state index is 12.2. The molecule has 1 aromatic heterocycles. The van der Waals surface area contributed by atoms with Gasteiger partial charge in [-0.2, -0.15) is 0 Å². The Hall–Kier alpha value is -2.20. The second-order valence-corrected chi connectivity index (χ2v) is 4.31. The molecule has 0 radical (unpaired) electrons. The summed E-state index contributed by atoms with van der Waals surface area (Å²) in [4.78, 5) is 17.8. The molecule has 0 bridgehead atoms. The standard InChI is InChI=1S/C15H17N3O/c1-18(15(19)13-3-2-10-17-11-13)14-6-4-12(5-7-14)8-9-16/h2-7,10-11H,8-9,16H2,1H3. The van der Waals surface area contributed by atoms with Gasteiger partial charge in [0.25, 0.3) is 5.91 Å². The first kappa shape index (κ1) is 13.2. The number of amides is 1. The maximum atomic E-state index is 12.2. The second-order valence-electron chi connectivity index (χ2n) is 4.31. The molecule has 98 valence electrons. The molecule has 0 spiro atoms. The van der Waals surface area contributed by atoms with Crippen LogP contribution in [-0.4, -0.2) is 24.5 Å². The SMILES string of the molecule is CN(C(=O)c1cccnc1)c1ccc(CCN)cc1. The van der Waals surface area contributed by atoms with E-state index in [4.69, 9.17) is 5.73 Å². The van der Waals surface area contributed by atoms with Gasteiger partial charge in [0, 0.05) is 25.1 Å². The van der Waals surface area contributed by atoms with Gasteiger partial charge in [-0.25, -0.2) is 0 Å². The number of benzene rings is 1. The molecule has 2 rings (SSSR count). The van der Waals surface area contributed by atoms with Crippen LogP contribution >= 0.6 is 0 Å². The quantitative estimate of drug-likeness (QED) is 0.907. The van der Waals surface area contributed by atoms with Crippen molar-refractivity contribution in [3.05, 3.63) is 59.9 Å². The Balaban J connectivity index is 2.15. The Labute approximate surface area is 112 Å². The monoisotopic (exact) mass is 255 g/mol. The van der Waals surface area contributed by atoms with E-state index in [1.54, 1.807) is 36.5 Å². The van der Waals surface area contributed by atoms with E-state index >= 15 is 0 Å². The molecule has 4 nitrogen and oxygen atoms in total. The van der Waals surface area contributed by atoms with Gasteiger partial charge in [-0.3, -0.25) is 9.78 Å². The summed E-state index contributed by atoms with van der Waals surface area (Å²) in [6.45, 7) is 0.629. The van der Waals surface area contributed by atoms with Crippen molar-refractivity contribution in [2.45, 2.75) is 6.42 Å². The Morgan fingerprint density at radius 1 is 1.26 bits per heavy atom. The number of carbonyl (C=O) groups excluding carboxylic acids is 1. The molecule has 1 aromatic carbocycles. The van der Waals surface area contributed by atoms with Gasteiger partial charge in [0.05, 0.1) is 5.56 Å². The predicted octanol–water partition coefficient (Wildman–Crippen LogP) is 1.86. The average Bonchev–Trinajstić information content (AvgIpc) is 2.48. The second kappa shape index (κ2) is 6.11. The lowest BCUT2D eigenvalue weighted by molar-refractivity contribution is 0.0992. The first-order valence-corrected chi connectivity index (χ1v) is 6.19. The zero-order valence-electron chi connectivity index (χ0n) is 10.9. The molecule has 1 heterocycles. The molecule has 0 saturated heterocycles.